The molecular weight excluding hydrogens is 240 g/mol. The van der Waals surface area contributed by atoms with E-state index in [-0.39, 0.29) is 18.0 Å². The molecule has 1 aliphatic heterocycles. The maximum absolute atomic E-state index is 11.7. The van der Waals surface area contributed by atoms with E-state index in [0.717, 1.165) is 19.6 Å². The van der Waals surface area contributed by atoms with Crippen LogP contribution >= 0.6 is 0 Å². The van der Waals surface area contributed by atoms with Crippen molar-refractivity contribution >= 4 is 16.7 Å². The number of nitrogens with one attached hydrogen (secondary N) is 2. The summed E-state index contributed by atoms with van der Waals surface area (Å²) in [5.41, 5.74) is 0. The van der Waals surface area contributed by atoms with Gasteiger partial charge in [0.1, 0.15) is 0 Å². The third-order valence-electron chi connectivity index (χ3n) is 2.68. The van der Waals surface area contributed by atoms with Crippen molar-refractivity contribution in [2.75, 3.05) is 31.8 Å². The predicted molar refractivity (Wildman–Crippen MR) is 68.4 cm³/mol. The van der Waals surface area contributed by atoms with E-state index in [4.69, 9.17) is 4.74 Å². The van der Waals surface area contributed by atoms with Crippen molar-refractivity contribution in [1.82, 2.24) is 10.6 Å². The molecule has 6 heteroatoms. The second-order valence-electron chi connectivity index (χ2n) is 4.46. The Morgan fingerprint density at radius 3 is 3.00 bits per heavy atom. The van der Waals surface area contributed by atoms with E-state index in [9.17, 15) is 9.00 Å². The number of amides is 1. The van der Waals surface area contributed by atoms with Crippen LogP contribution in [0, 0.1) is 0 Å². The highest BCUT2D eigenvalue weighted by atomic mass is 32.2. The largest absolute Gasteiger partial charge is 0.378 e. The second-order valence-corrected chi connectivity index (χ2v) is 6.02. The highest BCUT2D eigenvalue weighted by Gasteiger charge is 2.17. The summed E-state index contributed by atoms with van der Waals surface area (Å²) in [5, 5.41) is 6.15. The number of hydrogen-bond donors (Lipinski definition) is 2. The van der Waals surface area contributed by atoms with Crippen LogP contribution in [-0.2, 0) is 20.3 Å². The van der Waals surface area contributed by atoms with Crippen molar-refractivity contribution in [3.63, 3.8) is 0 Å². The van der Waals surface area contributed by atoms with Crippen LogP contribution in [0.25, 0.3) is 0 Å². The third kappa shape index (κ3) is 6.75. The summed E-state index contributed by atoms with van der Waals surface area (Å²) in [4.78, 5) is 11.7. The van der Waals surface area contributed by atoms with Crippen LogP contribution in [0.5, 0.6) is 0 Å². The molecule has 5 nitrogen and oxygen atoms in total. The molecule has 1 aliphatic rings. The maximum Gasteiger partial charge on any atom is 0.221 e. The number of carbonyl (C=O) groups is 1. The molecule has 1 rings (SSSR count). The van der Waals surface area contributed by atoms with Gasteiger partial charge in [0.25, 0.3) is 0 Å². The molecular formula is C11H22N2O3S. The zero-order chi connectivity index (χ0) is 12.7. The quantitative estimate of drug-likeness (QED) is 0.686. The molecule has 0 saturated carbocycles. The van der Waals surface area contributed by atoms with Crippen molar-refractivity contribution in [3.8, 4) is 0 Å². The molecule has 2 N–H and O–H groups in total. The third-order valence-corrected chi connectivity index (χ3v) is 3.49. The summed E-state index contributed by atoms with van der Waals surface area (Å²) in [6, 6.07) is 0.201. The molecule has 3 unspecified atom stereocenters. The first-order valence-electron chi connectivity index (χ1n) is 5.98. The molecule has 0 bridgehead atoms. The Balaban J connectivity index is 2.16. The van der Waals surface area contributed by atoms with Crippen LogP contribution in [-0.4, -0.2) is 54.0 Å². The minimum atomic E-state index is -0.791. The second kappa shape index (κ2) is 7.79. The number of morpholine rings is 1. The van der Waals surface area contributed by atoms with Gasteiger partial charge >= 0.3 is 0 Å². The van der Waals surface area contributed by atoms with Crippen LogP contribution in [0.2, 0.25) is 0 Å². The molecule has 17 heavy (non-hydrogen) atoms. The average molecular weight is 262 g/mol. The molecule has 1 fully saturated rings. The van der Waals surface area contributed by atoms with E-state index in [1.165, 1.54) is 0 Å². The van der Waals surface area contributed by atoms with Crippen LogP contribution in [0.3, 0.4) is 0 Å². The highest BCUT2D eigenvalue weighted by Crippen LogP contribution is 2.00. The molecule has 0 aromatic rings. The van der Waals surface area contributed by atoms with Crippen molar-refractivity contribution in [3.05, 3.63) is 0 Å². The zero-order valence-corrected chi connectivity index (χ0v) is 11.3. The Bertz CT molecular complexity index is 267. The first kappa shape index (κ1) is 14.6. The van der Waals surface area contributed by atoms with Crippen molar-refractivity contribution < 1.29 is 13.7 Å². The summed E-state index contributed by atoms with van der Waals surface area (Å²) < 4.78 is 16.2. The minimum absolute atomic E-state index is 0.0300. The smallest absolute Gasteiger partial charge is 0.221 e. The van der Waals surface area contributed by atoms with Crippen molar-refractivity contribution in [2.24, 2.45) is 0 Å². The van der Waals surface area contributed by atoms with Gasteiger partial charge in [-0.05, 0) is 13.3 Å². The number of rotatable bonds is 6. The van der Waals surface area contributed by atoms with Crippen molar-refractivity contribution in [2.45, 2.75) is 31.8 Å². The summed E-state index contributed by atoms with van der Waals surface area (Å²) in [6.45, 7) is 4.06. The van der Waals surface area contributed by atoms with Crippen LogP contribution < -0.4 is 10.6 Å². The Labute approximate surface area is 105 Å². The number of ether oxygens (including phenoxy) is 1. The minimum Gasteiger partial charge on any atom is -0.378 e. The molecule has 100 valence electrons. The molecule has 1 amide bonds. The lowest BCUT2D eigenvalue weighted by Gasteiger charge is -2.24. The van der Waals surface area contributed by atoms with Gasteiger partial charge in [0.05, 0.1) is 13.2 Å². The van der Waals surface area contributed by atoms with E-state index in [1.807, 2.05) is 6.92 Å². The molecule has 0 radical (unpaired) electrons. The molecule has 0 aromatic heterocycles. The Morgan fingerprint density at radius 2 is 2.41 bits per heavy atom. The summed E-state index contributed by atoms with van der Waals surface area (Å²) in [5.74, 6) is 0.661. The van der Waals surface area contributed by atoms with Gasteiger partial charge in [-0.3, -0.25) is 9.00 Å². The van der Waals surface area contributed by atoms with Crippen LogP contribution in [0.4, 0.5) is 0 Å². The Morgan fingerprint density at radius 1 is 1.65 bits per heavy atom. The fourth-order valence-corrected chi connectivity index (χ4v) is 2.41. The van der Waals surface area contributed by atoms with Crippen LogP contribution in [0.15, 0.2) is 0 Å². The average Bonchev–Trinajstić information content (AvgIpc) is 2.27. The van der Waals surface area contributed by atoms with Gasteiger partial charge in [0.2, 0.25) is 5.91 Å². The monoisotopic (exact) mass is 262 g/mol. The first-order valence-corrected chi connectivity index (χ1v) is 7.71. The molecule has 0 aromatic carbocycles. The topological polar surface area (TPSA) is 67.4 Å². The van der Waals surface area contributed by atoms with E-state index in [0.29, 0.717) is 18.8 Å². The lowest BCUT2D eigenvalue weighted by molar-refractivity contribution is -0.122. The molecule has 0 aliphatic carbocycles. The normalized spacial score (nSPS) is 24.0. The van der Waals surface area contributed by atoms with E-state index >= 15 is 0 Å². The highest BCUT2D eigenvalue weighted by molar-refractivity contribution is 7.84. The van der Waals surface area contributed by atoms with E-state index < -0.39 is 10.8 Å². The number of carbonyl (C=O) groups excluding carboxylic acids is 1. The maximum atomic E-state index is 11.7. The Hall–Kier alpha value is -0.460. The van der Waals surface area contributed by atoms with Gasteiger partial charge in [-0.25, -0.2) is 0 Å². The fraction of sp³-hybridized carbons (Fsp3) is 0.909. The molecule has 0 spiro atoms. The summed E-state index contributed by atoms with van der Waals surface area (Å²) in [7, 11) is -0.791. The van der Waals surface area contributed by atoms with Crippen molar-refractivity contribution in [1.29, 1.82) is 0 Å². The van der Waals surface area contributed by atoms with E-state index in [2.05, 4.69) is 10.6 Å². The molecule has 1 heterocycles. The number of hydrogen-bond acceptors (Lipinski definition) is 4. The SMILES string of the molecule is CC(CCS(C)=O)NC(=O)CC1COCCN1. The fourth-order valence-electron chi connectivity index (χ4n) is 1.72. The van der Waals surface area contributed by atoms with Gasteiger partial charge in [-0.1, -0.05) is 0 Å². The van der Waals surface area contributed by atoms with Gasteiger partial charge in [0, 0.05) is 47.9 Å². The standard InChI is InChI=1S/C11H22N2O3S/c1-9(3-6-17(2)15)13-11(14)7-10-8-16-5-4-12-10/h9-10,12H,3-8H2,1-2H3,(H,13,14). The lowest BCUT2D eigenvalue weighted by Crippen LogP contribution is -2.45. The summed E-state index contributed by atoms with van der Waals surface area (Å²) in [6.07, 6.45) is 2.88. The van der Waals surface area contributed by atoms with Gasteiger partial charge in [-0.2, -0.15) is 0 Å². The molecule has 1 saturated heterocycles. The summed E-state index contributed by atoms with van der Waals surface area (Å²) >= 11 is 0. The van der Waals surface area contributed by atoms with Gasteiger partial charge in [-0.15, -0.1) is 0 Å². The van der Waals surface area contributed by atoms with Gasteiger partial charge < -0.3 is 15.4 Å². The van der Waals surface area contributed by atoms with Crippen LogP contribution in [0.1, 0.15) is 19.8 Å². The zero-order valence-electron chi connectivity index (χ0n) is 10.5. The predicted octanol–water partition coefficient (Wildman–Crippen LogP) is -0.362. The van der Waals surface area contributed by atoms with Gasteiger partial charge in [0.15, 0.2) is 0 Å². The molecule has 3 atom stereocenters. The first-order chi connectivity index (χ1) is 8.08. The van der Waals surface area contributed by atoms with E-state index in [1.54, 1.807) is 6.26 Å². The lowest BCUT2D eigenvalue weighted by atomic mass is 10.1. The Kier molecular flexibility index (Phi) is 6.69.